The molecule has 1 aliphatic carbocycles. The fourth-order valence-electron chi connectivity index (χ4n) is 2.39. The fraction of sp³-hybridized carbons (Fsp3) is 0.500. The highest BCUT2D eigenvalue weighted by molar-refractivity contribution is 8.01. The number of nitrogens with zero attached hydrogens (tertiary/aromatic N) is 4. The molecule has 0 spiro atoms. The Morgan fingerprint density at radius 2 is 2.35 bits per heavy atom. The summed E-state index contributed by atoms with van der Waals surface area (Å²) in [7, 11) is 0. The van der Waals surface area contributed by atoms with Crippen LogP contribution in [0.5, 0.6) is 0 Å². The molecule has 3 rings (SSSR count). The summed E-state index contributed by atoms with van der Waals surface area (Å²) < 4.78 is 2.75. The van der Waals surface area contributed by atoms with Crippen molar-refractivity contribution in [2.45, 2.75) is 36.1 Å². The first-order valence-electron chi connectivity index (χ1n) is 6.55. The summed E-state index contributed by atoms with van der Waals surface area (Å²) >= 11 is 2.84. The summed E-state index contributed by atoms with van der Waals surface area (Å²) in [5, 5.41) is 14.9. The molecule has 2 aromatic heterocycles. The molecule has 0 radical (unpaired) electrons. The number of hydrogen-bond acceptors (Lipinski definition) is 6. The SMILES string of the molecule is O=C(CSc1nncs1)Nc1ccnn1C1CCCC1. The van der Waals surface area contributed by atoms with Crippen LogP contribution in [-0.2, 0) is 4.79 Å². The van der Waals surface area contributed by atoms with Crippen molar-refractivity contribution in [1.29, 1.82) is 0 Å². The van der Waals surface area contributed by atoms with Gasteiger partial charge in [-0.2, -0.15) is 5.10 Å². The van der Waals surface area contributed by atoms with Crippen molar-refractivity contribution in [3.8, 4) is 0 Å². The third-order valence-electron chi connectivity index (χ3n) is 3.28. The largest absolute Gasteiger partial charge is 0.310 e. The van der Waals surface area contributed by atoms with Gasteiger partial charge in [-0.25, -0.2) is 4.68 Å². The number of hydrogen-bond donors (Lipinski definition) is 1. The van der Waals surface area contributed by atoms with Crippen molar-refractivity contribution in [3.05, 3.63) is 17.8 Å². The second kappa shape index (κ2) is 6.36. The van der Waals surface area contributed by atoms with Gasteiger partial charge < -0.3 is 5.32 Å². The lowest BCUT2D eigenvalue weighted by atomic mass is 10.2. The normalized spacial score (nSPS) is 15.6. The Bertz CT molecular complexity index is 562. The highest BCUT2D eigenvalue weighted by Crippen LogP contribution is 2.31. The number of thioether (sulfide) groups is 1. The van der Waals surface area contributed by atoms with Crippen molar-refractivity contribution < 1.29 is 4.79 Å². The van der Waals surface area contributed by atoms with Gasteiger partial charge in [0.1, 0.15) is 11.3 Å². The van der Waals surface area contributed by atoms with Gasteiger partial charge in [0.2, 0.25) is 5.91 Å². The predicted molar refractivity (Wildman–Crippen MR) is 79.0 cm³/mol. The van der Waals surface area contributed by atoms with Crippen LogP contribution in [-0.4, -0.2) is 31.6 Å². The molecule has 1 saturated carbocycles. The first-order valence-corrected chi connectivity index (χ1v) is 8.42. The van der Waals surface area contributed by atoms with Gasteiger partial charge in [-0.05, 0) is 12.8 Å². The van der Waals surface area contributed by atoms with Crippen LogP contribution < -0.4 is 5.32 Å². The Kier molecular flexibility index (Phi) is 4.31. The first kappa shape index (κ1) is 13.6. The van der Waals surface area contributed by atoms with E-state index < -0.39 is 0 Å². The maximum absolute atomic E-state index is 12.0. The van der Waals surface area contributed by atoms with Crippen LogP contribution in [0.1, 0.15) is 31.7 Å². The second-order valence-corrected chi connectivity index (χ2v) is 6.70. The fourth-order valence-corrected chi connectivity index (χ4v) is 3.67. The molecule has 6 nitrogen and oxygen atoms in total. The summed E-state index contributed by atoms with van der Waals surface area (Å²) in [5.74, 6) is 1.09. The molecule has 1 N–H and O–H groups in total. The van der Waals surface area contributed by atoms with Crippen LogP contribution in [0.25, 0.3) is 0 Å². The van der Waals surface area contributed by atoms with Crippen LogP contribution in [0.2, 0.25) is 0 Å². The van der Waals surface area contributed by atoms with E-state index in [-0.39, 0.29) is 5.91 Å². The lowest BCUT2D eigenvalue weighted by molar-refractivity contribution is -0.113. The molecule has 1 fully saturated rings. The molecule has 0 atom stereocenters. The number of nitrogens with one attached hydrogen (secondary N) is 1. The van der Waals surface area contributed by atoms with E-state index in [0.717, 1.165) is 23.0 Å². The zero-order valence-electron chi connectivity index (χ0n) is 10.9. The van der Waals surface area contributed by atoms with Crippen LogP contribution in [0.4, 0.5) is 5.82 Å². The molecule has 106 valence electrons. The molecular formula is C12H15N5OS2. The summed E-state index contributed by atoms with van der Waals surface area (Å²) in [6.45, 7) is 0. The minimum atomic E-state index is -0.0371. The van der Waals surface area contributed by atoms with Crippen molar-refractivity contribution in [1.82, 2.24) is 20.0 Å². The predicted octanol–water partition coefficient (Wildman–Crippen LogP) is 2.58. The van der Waals surface area contributed by atoms with E-state index in [2.05, 4.69) is 20.6 Å². The Labute approximate surface area is 125 Å². The van der Waals surface area contributed by atoms with Gasteiger partial charge in [0.25, 0.3) is 0 Å². The van der Waals surface area contributed by atoms with Crippen LogP contribution in [0, 0.1) is 0 Å². The van der Waals surface area contributed by atoms with Crippen molar-refractivity contribution >= 4 is 34.8 Å². The Balaban J connectivity index is 1.57. The van der Waals surface area contributed by atoms with Gasteiger partial charge in [-0.1, -0.05) is 35.9 Å². The molecule has 0 aromatic carbocycles. The van der Waals surface area contributed by atoms with Crippen LogP contribution in [0.15, 0.2) is 22.1 Å². The highest BCUT2D eigenvalue weighted by Gasteiger charge is 2.20. The highest BCUT2D eigenvalue weighted by atomic mass is 32.2. The quantitative estimate of drug-likeness (QED) is 0.859. The molecule has 1 aliphatic rings. The van der Waals surface area contributed by atoms with Gasteiger partial charge in [0.15, 0.2) is 4.34 Å². The summed E-state index contributed by atoms with van der Waals surface area (Å²) in [5.41, 5.74) is 1.66. The molecular weight excluding hydrogens is 294 g/mol. The zero-order valence-corrected chi connectivity index (χ0v) is 12.5. The number of carbonyl (C=O) groups is 1. The van der Waals surface area contributed by atoms with Gasteiger partial charge in [0.05, 0.1) is 18.0 Å². The lowest BCUT2D eigenvalue weighted by Crippen LogP contribution is -2.19. The van der Waals surface area contributed by atoms with E-state index in [1.54, 1.807) is 11.7 Å². The van der Waals surface area contributed by atoms with Gasteiger partial charge in [-0.15, -0.1) is 10.2 Å². The lowest BCUT2D eigenvalue weighted by Gasteiger charge is -2.14. The maximum atomic E-state index is 12.0. The van der Waals surface area contributed by atoms with E-state index >= 15 is 0 Å². The van der Waals surface area contributed by atoms with E-state index in [1.165, 1.54) is 35.9 Å². The Morgan fingerprint density at radius 1 is 1.50 bits per heavy atom. The molecule has 0 unspecified atom stereocenters. The minimum Gasteiger partial charge on any atom is -0.310 e. The smallest absolute Gasteiger partial charge is 0.235 e. The van der Waals surface area contributed by atoms with Gasteiger partial charge >= 0.3 is 0 Å². The molecule has 8 heteroatoms. The molecule has 20 heavy (non-hydrogen) atoms. The van der Waals surface area contributed by atoms with E-state index in [1.807, 2.05) is 10.7 Å². The maximum Gasteiger partial charge on any atom is 0.235 e. The van der Waals surface area contributed by atoms with Crippen LogP contribution >= 0.6 is 23.1 Å². The summed E-state index contributed by atoms with van der Waals surface area (Å²) in [6, 6.07) is 2.28. The topological polar surface area (TPSA) is 72.7 Å². The molecule has 2 heterocycles. The van der Waals surface area contributed by atoms with Crippen molar-refractivity contribution in [3.63, 3.8) is 0 Å². The second-order valence-electron chi connectivity index (χ2n) is 4.64. The number of aromatic nitrogens is 4. The Hall–Kier alpha value is -1.41. The summed E-state index contributed by atoms with van der Waals surface area (Å²) in [4.78, 5) is 12.0. The average molecular weight is 309 g/mol. The van der Waals surface area contributed by atoms with Crippen molar-refractivity contribution in [2.24, 2.45) is 0 Å². The molecule has 0 aliphatic heterocycles. The van der Waals surface area contributed by atoms with E-state index in [4.69, 9.17) is 0 Å². The molecule has 0 bridgehead atoms. The standard InChI is InChI=1S/C12H15N5OS2/c18-11(7-19-12-16-13-8-20-12)15-10-5-6-14-17(10)9-3-1-2-4-9/h5-6,8-9H,1-4,7H2,(H,15,18). The Morgan fingerprint density at radius 3 is 3.10 bits per heavy atom. The van der Waals surface area contributed by atoms with E-state index in [9.17, 15) is 4.79 Å². The van der Waals surface area contributed by atoms with Gasteiger partial charge in [0, 0.05) is 6.07 Å². The average Bonchev–Trinajstić information content (AvgIpc) is 3.18. The number of anilines is 1. The number of rotatable bonds is 5. The molecule has 0 saturated heterocycles. The number of amides is 1. The molecule has 1 amide bonds. The third-order valence-corrected chi connectivity index (χ3v) is 5.14. The van der Waals surface area contributed by atoms with E-state index in [0.29, 0.717) is 11.8 Å². The monoisotopic (exact) mass is 309 g/mol. The number of carbonyl (C=O) groups excluding carboxylic acids is 1. The minimum absolute atomic E-state index is 0.0371. The zero-order chi connectivity index (χ0) is 13.8. The third kappa shape index (κ3) is 3.18. The molecule has 2 aromatic rings. The summed E-state index contributed by atoms with van der Waals surface area (Å²) in [6.07, 6.45) is 6.51. The first-order chi connectivity index (χ1) is 9.83. The van der Waals surface area contributed by atoms with Gasteiger partial charge in [-0.3, -0.25) is 4.79 Å². The van der Waals surface area contributed by atoms with Crippen LogP contribution in [0.3, 0.4) is 0 Å². The van der Waals surface area contributed by atoms with Crippen molar-refractivity contribution in [2.75, 3.05) is 11.1 Å².